The van der Waals surface area contributed by atoms with Crippen molar-refractivity contribution >= 4 is 29.2 Å². The zero-order valence-electron chi connectivity index (χ0n) is 40.8. The van der Waals surface area contributed by atoms with Crippen LogP contribution in [0.15, 0.2) is 47.6 Å². The molecule has 1 unspecified atom stereocenters. The van der Waals surface area contributed by atoms with Crippen molar-refractivity contribution in [2.75, 3.05) is 13.7 Å². The van der Waals surface area contributed by atoms with Crippen LogP contribution in [0.4, 0.5) is 0 Å². The number of rotatable bonds is 4. The molecule has 4 N–H and O–H groups in total. The van der Waals surface area contributed by atoms with E-state index >= 15 is 0 Å². The number of hydrogen-bond acceptors (Lipinski definition) is 11. The quantitative estimate of drug-likeness (QED) is 0.125. The molecule has 12 heteroatoms. The van der Waals surface area contributed by atoms with Gasteiger partial charge in [0.25, 0.3) is 11.7 Å². The first-order valence-corrected chi connectivity index (χ1v) is 24.1. The van der Waals surface area contributed by atoms with E-state index in [0.29, 0.717) is 37.7 Å². The average molecular weight is 898 g/mol. The van der Waals surface area contributed by atoms with Gasteiger partial charge >= 0.3 is 5.97 Å². The summed E-state index contributed by atoms with van der Waals surface area (Å²) in [6.07, 6.45) is 13.3. The maximum Gasteiger partial charge on any atom is 0.329 e. The Labute approximate surface area is 384 Å². The number of methoxy groups -OCH3 is 1. The van der Waals surface area contributed by atoms with E-state index in [1.807, 2.05) is 65.0 Å². The van der Waals surface area contributed by atoms with Gasteiger partial charge < -0.3 is 34.8 Å². The van der Waals surface area contributed by atoms with Crippen molar-refractivity contribution in [2.45, 2.75) is 188 Å². The van der Waals surface area contributed by atoms with Crippen LogP contribution in [0.3, 0.4) is 0 Å². The van der Waals surface area contributed by atoms with Gasteiger partial charge in [0.15, 0.2) is 0 Å². The second-order valence-corrected chi connectivity index (χ2v) is 20.3. The van der Waals surface area contributed by atoms with Crippen molar-refractivity contribution in [3.8, 4) is 0 Å². The fraction of sp³-hybridized carbons (Fsp3) is 0.750. The lowest BCUT2D eigenvalue weighted by Gasteiger charge is -2.38. The molecular formula is C52H83NO11. The summed E-state index contributed by atoms with van der Waals surface area (Å²) in [5.41, 5.74) is -0.694. The second kappa shape index (κ2) is 25.6. The van der Waals surface area contributed by atoms with Crippen LogP contribution < -0.4 is 0 Å². The molecule has 12 nitrogen and oxygen atoms in total. The Hall–Kier alpha value is -3.29. The predicted molar refractivity (Wildman–Crippen MR) is 249 cm³/mol. The number of Topliss-reactive ketones (excluding diaryl/α,β-unsaturated/α-hetero) is 3. The summed E-state index contributed by atoms with van der Waals surface area (Å²) in [5.74, 6) is -5.26. The topological polar surface area (TPSA) is 188 Å². The molecule has 2 heterocycles. The molecule has 1 saturated heterocycles. The summed E-state index contributed by atoms with van der Waals surface area (Å²) >= 11 is 0. The molecule has 1 aliphatic carbocycles. The number of aliphatic hydroxyl groups excluding tert-OH is 3. The number of ketones is 3. The number of carbonyl (C=O) groups is 5. The minimum Gasteiger partial charge on any atom is -0.460 e. The van der Waals surface area contributed by atoms with Gasteiger partial charge in [-0.05, 0) is 126 Å². The van der Waals surface area contributed by atoms with Crippen molar-refractivity contribution in [1.82, 2.24) is 4.90 Å². The Morgan fingerprint density at radius 2 is 1.55 bits per heavy atom. The Morgan fingerprint density at radius 3 is 2.20 bits per heavy atom. The largest absolute Gasteiger partial charge is 0.460 e. The summed E-state index contributed by atoms with van der Waals surface area (Å²) in [7, 11) is 1.57. The molecule has 0 aromatic carbocycles. The van der Waals surface area contributed by atoms with Crippen LogP contribution in [0.2, 0.25) is 0 Å². The van der Waals surface area contributed by atoms with Crippen molar-refractivity contribution in [2.24, 2.45) is 47.3 Å². The maximum atomic E-state index is 14.2. The van der Waals surface area contributed by atoms with Crippen molar-refractivity contribution in [1.29, 1.82) is 0 Å². The molecule has 0 aromatic rings. The molecule has 1 amide bonds. The molecule has 0 bridgehead atoms. The van der Waals surface area contributed by atoms with E-state index in [-0.39, 0.29) is 85.9 Å². The Morgan fingerprint density at radius 1 is 0.859 bits per heavy atom. The normalized spacial score (nSPS) is 40.4. The number of esters is 1. The third-order valence-corrected chi connectivity index (χ3v) is 14.7. The number of ether oxygens (including phenoxy) is 2. The summed E-state index contributed by atoms with van der Waals surface area (Å²) in [5, 5.41) is 44.4. The van der Waals surface area contributed by atoms with E-state index in [9.17, 15) is 44.4 Å². The minimum atomic E-state index is -2.08. The molecule has 3 rings (SSSR count). The highest BCUT2D eigenvalue weighted by Gasteiger charge is 2.46. The van der Waals surface area contributed by atoms with Crippen molar-refractivity contribution < 1.29 is 53.9 Å². The summed E-state index contributed by atoms with van der Waals surface area (Å²) in [4.78, 5) is 70.9. The van der Waals surface area contributed by atoms with Gasteiger partial charge in [0.1, 0.15) is 29.3 Å². The molecule has 3 aliphatic rings. The van der Waals surface area contributed by atoms with Crippen LogP contribution in [0.5, 0.6) is 0 Å². The average Bonchev–Trinajstić information content (AvgIpc) is 3.26. The molecule has 0 spiro atoms. The second-order valence-electron chi connectivity index (χ2n) is 20.3. The molecule has 362 valence electrons. The van der Waals surface area contributed by atoms with Crippen molar-refractivity contribution in [3.05, 3.63) is 47.6 Å². The highest BCUT2D eigenvalue weighted by molar-refractivity contribution is 6.39. The molecule has 2 aliphatic heterocycles. The number of amides is 1. The number of hydrogen-bond donors (Lipinski definition) is 4. The lowest BCUT2D eigenvalue weighted by Crippen LogP contribution is -2.57. The number of aliphatic hydroxyl groups is 4. The van der Waals surface area contributed by atoms with Gasteiger partial charge in [-0.1, -0.05) is 84.9 Å². The number of nitrogens with zero attached hydrogens (tertiary/aromatic N) is 1. The van der Waals surface area contributed by atoms with Crippen LogP contribution >= 0.6 is 0 Å². The monoisotopic (exact) mass is 898 g/mol. The molecule has 2 fully saturated rings. The van der Waals surface area contributed by atoms with Gasteiger partial charge in [-0.15, -0.1) is 0 Å². The molecule has 64 heavy (non-hydrogen) atoms. The van der Waals surface area contributed by atoms with Gasteiger partial charge in [0.2, 0.25) is 0 Å². The van der Waals surface area contributed by atoms with E-state index in [1.165, 1.54) is 11.8 Å². The van der Waals surface area contributed by atoms with Crippen molar-refractivity contribution in [3.63, 3.8) is 0 Å². The predicted octanol–water partition coefficient (Wildman–Crippen LogP) is 7.45. The molecular weight excluding hydrogens is 815 g/mol. The van der Waals surface area contributed by atoms with Crippen LogP contribution in [0.1, 0.15) is 146 Å². The SMILES string of the molecule is CO[C@H]1C[C@@H](O)CC[C@@H](C)[C@](C)(O)C(=O)C(=O)N2CCCC[C@H]2C(=O)OC([C@H](C)C[C@@H]2CC[C@@H](O)[C@H](C)C2)CC(=O)[C@H](C)/C=C(\C)[C@H](O)[C@@H](C)C(=O)[C@H](C)C[C@H](C)/C=C/C=C/C=C/1C. The third kappa shape index (κ3) is 15.7. The first-order chi connectivity index (χ1) is 30.0. The van der Waals surface area contributed by atoms with Gasteiger partial charge in [0, 0.05) is 44.2 Å². The number of cyclic esters (lactones) is 1. The van der Waals surface area contributed by atoms with Gasteiger partial charge in [-0.25, -0.2) is 4.79 Å². The lowest BCUT2D eigenvalue weighted by molar-refractivity contribution is -0.169. The molecule has 0 radical (unpaired) electrons. The molecule has 0 aromatic heterocycles. The molecule has 1 saturated carbocycles. The number of piperidine rings is 1. The zero-order valence-corrected chi connectivity index (χ0v) is 40.8. The van der Waals surface area contributed by atoms with Gasteiger partial charge in [-0.2, -0.15) is 0 Å². The minimum absolute atomic E-state index is 0.0721. The summed E-state index contributed by atoms with van der Waals surface area (Å²) in [6, 6.07) is -1.09. The Bertz CT molecular complexity index is 1700. The Kier molecular flexibility index (Phi) is 22.0. The standard InChI is InChI=1S/C52H83NO11/c1-31-17-13-12-14-18-32(2)45(63-11)29-41(54)22-20-38(8)52(10,62)49(59)50(60)53-24-16-15-19-42(53)51(61)64-46(35(5)28-40-21-23-43(55)34(4)27-40)30-44(56)33(3)26-37(7)48(58)39(9)47(57)36(6)25-31/h12-14,17-18,26,31,33-36,38-43,45-46,48,54-55,58,62H,15-16,19-25,27-30H2,1-11H3/b14-12+,17-13+,32-18+,37-26+/t31-,33-,34-,35-,36-,38-,39+,40-,41+,42+,43-,45+,46?,48+,52+/m1/s1. The fourth-order valence-electron chi connectivity index (χ4n) is 9.87. The van der Waals surface area contributed by atoms with Gasteiger partial charge in [0.05, 0.1) is 24.4 Å². The summed E-state index contributed by atoms with van der Waals surface area (Å²) < 4.78 is 11.9. The smallest absolute Gasteiger partial charge is 0.329 e. The van der Waals surface area contributed by atoms with Crippen LogP contribution in [0.25, 0.3) is 0 Å². The van der Waals surface area contributed by atoms with Crippen LogP contribution in [0, 0.1) is 47.3 Å². The fourth-order valence-corrected chi connectivity index (χ4v) is 9.87. The van der Waals surface area contributed by atoms with E-state index in [1.54, 1.807) is 40.9 Å². The number of allylic oxidation sites excluding steroid dienone is 6. The maximum absolute atomic E-state index is 14.2. The zero-order chi connectivity index (χ0) is 48.1. The van der Waals surface area contributed by atoms with Crippen LogP contribution in [-0.4, -0.2) is 110 Å². The first kappa shape index (κ1) is 55.0. The number of fused-ring (bicyclic) bond motifs is 1. The third-order valence-electron chi connectivity index (χ3n) is 14.7. The highest BCUT2D eigenvalue weighted by Crippen LogP contribution is 2.36. The van der Waals surface area contributed by atoms with E-state index < -0.39 is 71.5 Å². The first-order valence-electron chi connectivity index (χ1n) is 24.1. The molecule has 15 atom stereocenters. The van der Waals surface area contributed by atoms with Gasteiger partial charge in [-0.3, -0.25) is 19.2 Å². The van der Waals surface area contributed by atoms with E-state index in [0.717, 1.165) is 18.4 Å². The van der Waals surface area contributed by atoms with E-state index in [4.69, 9.17) is 9.47 Å². The summed E-state index contributed by atoms with van der Waals surface area (Å²) in [6.45, 7) is 18.0. The van der Waals surface area contributed by atoms with Crippen LogP contribution in [-0.2, 0) is 33.4 Å². The Balaban J connectivity index is 1.98. The number of carbonyl (C=O) groups excluding carboxylic acids is 5. The van der Waals surface area contributed by atoms with E-state index in [2.05, 4.69) is 0 Å². The lowest BCUT2D eigenvalue weighted by atomic mass is 9.75. The highest BCUT2D eigenvalue weighted by atomic mass is 16.5.